The summed E-state index contributed by atoms with van der Waals surface area (Å²) in [6.07, 6.45) is 0. The molecule has 1 amide bonds. The van der Waals surface area contributed by atoms with E-state index in [1.807, 2.05) is 11.4 Å². The van der Waals surface area contributed by atoms with Gasteiger partial charge in [-0.25, -0.2) is 13.1 Å². The number of carbonyl (C=O) groups excluding carboxylic acids is 1. The first kappa shape index (κ1) is 21.9. The van der Waals surface area contributed by atoms with Gasteiger partial charge in [-0.1, -0.05) is 29.2 Å². The Kier molecular flexibility index (Phi) is 7.75. The smallest absolute Gasteiger partial charge is 0.257 e. The second-order valence-corrected chi connectivity index (χ2v) is 10.6. The van der Waals surface area contributed by atoms with E-state index in [4.69, 9.17) is 4.74 Å². The van der Waals surface area contributed by atoms with Crippen molar-refractivity contribution in [3.8, 4) is 0 Å². The number of hydrogen-bond donors (Lipinski definition) is 2. The summed E-state index contributed by atoms with van der Waals surface area (Å²) in [5.41, 5.74) is 0.323. The molecule has 154 valence electrons. The van der Waals surface area contributed by atoms with Crippen LogP contribution in [0, 0.1) is 0 Å². The highest BCUT2D eigenvalue weighted by Gasteiger charge is 2.15. The molecule has 2 heterocycles. The minimum Gasteiger partial charge on any atom is -0.383 e. The standard InChI is InChI=1S/C17H18N4O4S4/c1-25-9-8-18-29(23,24)14-6-4-12(5-7-14)15(22)19-16-20-21-17(28-16)27-11-13-3-2-10-26-13/h2-7,10,18H,8-9,11H2,1H3,(H,19,20,22). The Morgan fingerprint density at radius 1 is 1.21 bits per heavy atom. The minimum absolute atomic E-state index is 0.0772. The number of amides is 1. The maximum Gasteiger partial charge on any atom is 0.257 e. The van der Waals surface area contributed by atoms with Gasteiger partial charge in [0.2, 0.25) is 15.2 Å². The first-order valence-corrected chi connectivity index (χ1v) is 12.5. The largest absolute Gasteiger partial charge is 0.383 e. The van der Waals surface area contributed by atoms with Crippen molar-refractivity contribution in [1.29, 1.82) is 0 Å². The van der Waals surface area contributed by atoms with Gasteiger partial charge in [-0.15, -0.1) is 21.5 Å². The van der Waals surface area contributed by atoms with Crippen molar-refractivity contribution in [3.63, 3.8) is 0 Å². The predicted octanol–water partition coefficient (Wildman–Crippen LogP) is 3.07. The van der Waals surface area contributed by atoms with E-state index >= 15 is 0 Å². The number of thiophene rings is 1. The van der Waals surface area contributed by atoms with Crippen LogP contribution >= 0.6 is 34.4 Å². The molecule has 0 radical (unpaired) electrons. The van der Waals surface area contributed by atoms with Crippen LogP contribution in [0.2, 0.25) is 0 Å². The molecule has 0 aliphatic rings. The van der Waals surface area contributed by atoms with E-state index in [1.54, 1.807) is 23.1 Å². The van der Waals surface area contributed by atoms with E-state index in [-0.39, 0.29) is 24.0 Å². The molecule has 0 spiro atoms. The van der Waals surface area contributed by atoms with Crippen molar-refractivity contribution in [2.24, 2.45) is 0 Å². The number of nitrogens with zero attached hydrogens (tertiary/aromatic N) is 2. The summed E-state index contributed by atoms with van der Waals surface area (Å²) in [4.78, 5) is 13.7. The number of thioether (sulfide) groups is 1. The molecule has 0 saturated carbocycles. The lowest BCUT2D eigenvalue weighted by Crippen LogP contribution is -2.27. The number of hydrogen-bond acceptors (Lipinski definition) is 9. The predicted molar refractivity (Wildman–Crippen MR) is 115 cm³/mol. The Labute approximate surface area is 180 Å². The molecule has 0 atom stereocenters. The summed E-state index contributed by atoms with van der Waals surface area (Å²) in [6.45, 7) is 0.445. The SMILES string of the molecule is COCCNS(=O)(=O)c1ccc(C(=O)Nc2nnc(SCc3cccs3)s2)cc1. The van der Waals surface area contributed by atoms with Crippen LogP contribution in [0.15, 0.2) is 51.0 Å². The van der Waals surface area contributed by atoms with Gasteiger partial charge in [0, 0.05) is 29.8 Å². The van der Waals surface area contributed by atoms with Crippen LogP contribution in [0.5, 0.6) is 0 Å². The average Bonchev–Trinajstić information content (AvgIpc) is 3.38. The topological polar surface area (TPSA) is 110 Å². The zero-order valence-corrected chi connectivity index (χ0v) is 18.6. The van der Waals surface area contributed by atoms with E-state index < -0.39 is 10.0 Å². The number of rotatable bonds is 10. The average molecular weight is 471 g/mol. The van der Waals surface area contributed by atoms with Crippen molar-refractivity contribution in [2.45, 2.75) is 15.0 Å². The zero-order valence-electron chi connectivity index (χ0n) is 15.3. The molecule has 0 bridgehead atoms. The Balaban J connectivity index is 1.57. The number of aromatic nitrogens is 2. The third kappa shape index (κ3) is 6.32. The molecule has 1 aromatic carbocycles. The summed E-state index contributed by atoms with van der Waals surface area (Å²) in [7, 11) is -2.15. The van der Waals surface area contributed by atoms with Gasteiger partial charge in [0.15, 0.2) is 4.34 Å². The highest BCUT2D eigenvalue weighted by Crippen LogP contribution is 2.29. The van der Waals surface area contributed by atoms with Crippen LogP contribution in [0.3, 0.4) is 0 Å². The lowest BCUT2D eigenvalue weighted by molar-refractivity contribution is 0.102. The van der Waals surface area contributed by atoms with E-state index in [0.29, 0.717) is 10.7 Å². The maximum atomic E-state index is 12.4. The third-order valence-corrected chi connectivity index (χ3v) is 8.13. The van der Waals surface area contributed by atoms with Crippen molar-refractivity contribution in [3.05, 3.63) is 52.2 Å². The molecule has 0 aliphatic heterocycles. The molecular weight excluding hydrogens is 452 g/mol. The zero-order chi connectivity index (χ0) is 20.7. The summed E-state index contributed by atoms with van der Waals surface area (Å²) in [5.74, 6) is 0.418. The Morgan fingerprint density at radius 2 is 2.00 bits per heavy atom. The molecule has 2 N–H and O–H groups in total. The van der Waals surface area contributed by atoms with Gasteiger partial charge in [-0.05, 0) is 35.7 Å². The lowest BCUT2D eigenvalue weighted by Gasteiger charge is -2.07. The molecule has 0 fully saturated rings. The van der Waals surface area contributed by atoms with Crippen LogP contribution in [0.1, 0.15) is 15.2 Å². The van der Waals surface area contributed by atoms with Gasteiger partial charge >= 0.3 is 0 Å². The number of ether oxygens (including phenoxy) is 1. The van der Waals surface area contributed by atoms with Crippen LogP contribution < -0.4 is 10.0 Å². The van der Waals surface area contributed by atoms with Gasteiger partial charge in [0.1, 0.15) is 0 Å². The highest BCUT2D eigenvalue weighted by atomic mass is 32.2. The van der Waals surface area contributed by atoms with Crippen LogP contribution in [0.4, 0.5) is 5.13 Å². The number of nitrogens with one attached hydrogen (secondary N) is 2. The fraction of sp³-hybridized carbons (Fsp3) is 0.235. The quantitative estimate of drug-likeness (QED) is 0.266. The van der Waals surface area contributed by atoms with E-state index in [9.17, 15) is 13.2 Å². The summed E-state index contributed by atoms with van der Waals surface area (Å²) < 4.78 is 32.3. The van der Waals surface area contributed by atoms with Gasteiger partial charge < -0.3 is 4.74 Å². The molecule has 3 rings (SSSR count). The molecule has 8 nitrogen and oxygen atoms in total. The number of anilines is 1. The maximum absolute atomic E-state index is 12.4. The molecule has 2 aromatic heterocycles. The molecule has 0 saturated heterocycles. The number of benzene rings is 1. The van der Waals surface area contributed by atoms with Gasteiger partial charge in [-0.3, -0.25) is 10.1 Å². The molecular formula is C17H18N4O4S4. The van der Waals surface area contributed by atoms with E-state index in [2.05, 4.69) is 26.3 Å². The number of methoxy groups -OCH3 is 1. The van der Waals surface area contributed by atoms with Crippen molar-refractivity contribution < 1.29 is 17.9 Å². The molecule has 0 aliphatic carbocycles. The second-order valence-electron chi connectivity index (χ2n) is 5.61. The summed E-state index contributed by atoms with van der Waals surface area (Å²) in [5, 5.41) is 13.1. The van der Waals surface area contributed by atoms with Crippen LogP contribution in [-0.2, 0) is 20.5 Å². The van der Waals surface area contributed by atoms with Gasteiger partial charge in [0.05, 0.1) is 11.5 Å². The second kappa shape index (κ2) is 10.3. The third-order valence-electron chi connectivity index (χ3n) is 3.57. The lowest BCUT2D eigenvalue weighted by atomic mass is 10.2. The minimum atomic E-state index is -3.64. The van der Waals surface area contributed by atoms with E-state index in [0.717, 1.165) is 10.1 Å². The van der Waals surface area contributed by atoms with Gasteiger partial charge in [0.25, 0.3) is 5.91 Å². The Morgan fingerprint density at radius 3 is 2.69 bits per heavy atom. The fourth-order valence-electron chi connectivity index (χ4n) is 2.16. The molecule has 3 aromatic rings. The van der Waals surface area contributed by atoms with Crippen molar-refractivity contribution in [2.75, 3.05) is 25.6 Å². The van der Waals surface area contributed by atoms with Crippen LogP contribution in [-0.4, -0.2) is 44.8 Å². The highest BCUT2D eigenvalue weighted by molar-refractivity contribution is 8.00. The van der Waals surface area contributed by atoms with Crippen LogP contribution in [0.25, 0.3) is 0 Å². The number of carbonyl (C=O) groups is 1. The molecule has 0 unspecified atom stereocenters. The first-order chi connectivity index (χ1) is 14.0. The molecule has 12 heteroatoms. The van der Waals surface area contributed by atoms with Crippen molar-refractivity contribution in [1.82, 2.24) is 14.9 Å². The van der Waals surface area contributed by atoms with Gasteiger partial charge in [-0.2, -0.15) is 0 Å². The van der Waals surface area contributed by atoms with Crippen molar-refractivity contribution >= 4 is 55.5 Å². The molecule has 29 heavy (non-hydrogen) atoms. The van der Waals surface area contributed by atoms with E-state index in [1.165, 1.54) is 47.6 Å². The summed E-state index contributed by atoms with van der Waals surface area (Å²) >= 11 is 4.53. The summed E-state index contributed by atoms with van der Waals surface area (Å²) in [6, 6.07) is 9.72. The fourth-order valence-corrected chi connectivity index (χ4v) is 5.70. The Bertz CT molecular complexity index is 1030. The normalized spacial score (nSPS) is 11.5. The first-order valence-electron chi connectivity index (χ1n) is 8.36. The Hall–Kier alpha value is -1.83. The monoisotopic (exact) mass is 470 g/mol. The number of sulfonamides is 1.